The number of ether oxygens (including phenoxy) is 1. The summed E-state index contributed by atoms with van der Waals surface area (Å²) in [7, 11) is 0. The van der Waals surface area contributed by atoms with E-state index in [2.05, 4.69) is 5.32 Å². The van der Waals surface area contributed by atoms with Crippen molar-refractivity contribution in [2.24, 2.45) is 0 Å². The summed E-state index contributed by atoms with van der Waals surface area (Å²) in [6, 6.07) is 8.91. The van der Waals surface area contributed by atoms with Crippen molar-refractivity contribution in [3.05, 3.63) is 67.2 Å². The van der Waals surface area contributed by atoms with Crippen LogP contribution in [0.1, 0.15) is 23.1 Å². The lowest BCUT2D eigenvalue weighted by Crippen LogP contribution is -2.18. The van der Waals surface area contributed by atoms with E-state index in [1.54, 1.807) is 6.07 Å². The summed E-state index contributed by atoms with van der Waals surface area (Å²) < 4.78 is 5.78. The zero-order chi connectivity index (χ0) is 18.4. The highest BCUT2D eigenvalue weighted by Gasteiger charge is 2.19. The van der Waals surface area contributed by atoms with Crippen LogP contribution in [0, 0.1) is 24.0 Å². The maximum absolute atomic E-state index is 11.1. The van der Waals surface area contributed by atoms with Gasteiger partial charge in [-0.1, -0.05) is 35.3 Å². The minimum Gasteiger partial charge on any atom is -0.493 e. The first kappa shape index (κ1) is 19.5. The van der Waals surface area contributed by atoms with Crippen LogP contribution in [-0.2, 0) is 6.54 Å². The number of nitro benzene ring substituents is 1. The van der Waals surface area contributed by atoms with Crippen LogP contribution < -0.4 is 10.1 Å². The SMILES string of the molecule is Cc1cccc(OCCCNCc2cc(Cl)cc(Cl)c2[N+](=O)[O-])c1C. The van der Waals surface area contributed by atoms with Gasteiger partial charge in [0.1, 0.15) is 10.8 Å². The molecule has 134 valence electrons. The maximum Gasteiger partial charge on any atom is 0.292 e. The van der Waals surface area contributed by atoms with Crippen molar-refractivity contribution in [1.29, 1.82) is 0 Å². The van der Waals surface area contributed by atoms with Crippen molar-refractivity contribution >= 4 is 28.9 Å². The van der Waals surface area contributed by atoms with Crippen molar-refractivity contribution < 1.29 is 9.66 Å². The zero-order valence-electron chi connectivity index (χ0n) is 14.1. The standard InChI is InChI=1S/C18H20Cl2N2O3/c1-12-5-3-6-17(13(12)2)25-8-4-7-21-11-14-9-15(19)10-16(20)18(14)22(23)24/h3,5-6,9-10,21H,4,7-8,11H2,1-2H3. The minimum atomic E-state index is -0.487. The fourth-order valence-electron chi connectivity index (χ4n) is 2.44. The van der Waals surface area contributed by atoms with Crippen molar-refractivity contribution in [1.82, 2.24) is 5.32 Å². The summed E-state index contributed by atoms with van der Waals surface area (Å²) in [4.78, 5) is 10.6. The molecule has 2 aromatic carbocycles. The number of halogens is 2. The average Bonchev–Trinajstić information content (AvgIpc) is 2.53. The van der Waals surface area contributed by atoms with Gasteiger partial charge in [-0.2, -0.15) is 0 Å². The summed E-state index contributed by atoms with van der Waals surface area (Å²) in [6.07, 6.45) is 0.773. The van der Waals surface area contributed by atoms with Gasteiger partial charge in [0.25, 0.3) is 5.69 Å². The van der Waals surface area contributed by atoms with Gasteiger partial charge in [-0.15, -0.1) is 0 Å². The van der Waals surface area contributed by atoms with Crippen molar-refractivity contribution in [3.8, 4) is 5.75 Å². The molecule has 0 heterocycles. The molecule has 1 N–H and O–H groups in total. The highest BCUT2D eigenvalue weighted by Crippen LogP contribution is 2.31. The van der Waals surface area contributed by atoms with Crippen LogP contribution in [0.2, 0.25) is 10.0 Å². The number of nitrogens with zero attached hydrogens (tertiary/aromatic N) is 1. The number of nitro groups is 1. The smallest absolute Gasteiger partial charge is 0.292 e. The van der Waals surface area contributed by atoms with E-state index in [4.69, 9.17) is 27.9 Å². The first-order valence-electron chi connectivity index (χ1n) is 7.92. The van der Waals surface area contributed by atoms with Crippen LogP contribution in [0.3, 0.4) is 0 Å². The van der Waals surface area contributed by atoms with Gasteiger partial charge in [0, 0.05) is 17.1 Å². The Bertz CT molecular complexity index is 766. The fourth-order valence-corrected chi connectivity index (χ4v) is 3.05. The molecule has 0 aliphatic carbocycles. The second kappa shape index (κ2) is 9.04. The van der Waals surface area contributed by atoms with Crippen LogP contribution in [0.25, 0.3) is 0 Å². The normalized spacial score (nSPS) is 10.7. The van der Waals surface area contributed by atoms with Crippen LogP contribution in [-0.4, -0.2) is 18.1 Å². The molecular weight excluding hydrogens is 363 g/mol. The Kier molecular flexibility index (Phi) is 7.05. The van der Waals surface area contributed by atoms with E-state index in [1.165, 1.54) is 11.6 Å². The molecule has 5 nitrogen and oxygen atoms in total. The molecule has 7 heteroatoms. The Morgan fingerprint density at radius 2 is 2.00 bits per heavy atom. The Morgan fingerprint density at radius 3 is 2.72 bits per heavy atom. The minimum absolute atomic E-state index is 0.0487. The number of aryl methyl sites for hydroxylation is 1. The molecule has 0 aromatic heterocycles. The van der Waals surface area contributed by atoms with Gasteiger partial charge in [0.15, 0.2) is 0 Å². The summed E-state index contributed by atoms with van der Waals surface area (Å²) in [5.74, 6) is 0.886. The highest BCUT2D eigenvalue weighted by atomic mass is 35.5. The van der Waals surface area contributed by atoms with Gasteiger partial charge in [-0.05, 0) is 56.1 Å². The van der Waals surface area contributed by atoms with Crippen LogP contribution in [0.5, 0.6) is 5.75 Å². The van der Waals surface area contributed by atoms with Gasteiger partial charge in [0.2, 0.25) is 0 Å². The number of nitrogens with one attached hydrogen (secondary N) is 1. The summed E-state index contributed by atoms with van der Waals surface area (Å²) in [6.45, 7) is 5.62. The second-order valence-electron chi connectivity index (χ2n) is 5.73. The van der Waals surface area contributed by atoms with Crippen molar-refractivity contribution in [3.63, 3.8) is 0 Å². The lowest BCUT2D eigenvalue weighted by atomic mass is 10.1. The molecule has 2 rings (SSSR count). The molecule has 0 aliphatic heterocycles. The van der Waals surface area contributed by atoms with Gasteiger partial charge >= 0.3 is 0 Å². The lowest BCUT2D eigenvalue weighted by molar-refractivity contribution is -0.385. The first-order chi connectivity index (χ1) is 11.9. The molecule has 0 radical (unpaired) electrons. The molecular formula is C18H20Cl2N2O3. The monoisotopic (exact) mass is 382 g/mol. The Balaban J connectivity index is 1.82. The molecule has 0 unspecified atom stereocenters. The highest BCUT2D eigenvalue weighted by molar-refractivity contribution is 6.36. The first-order valence-corrected chi connectivity index (χ1v) is 8.67. The van der Waals surface area contributed by atoms with E-state index in [1.807, 2.05) is 32.0 Å². The molecule has 0 spiro atoms. The summed E-state index contributed by atoms with van der Waals surface area (Å²) in [5, 5.41) is 14.7. The third kappa shape index (κ3) is 5.33. The van der Waals surface area contributed by atoms with E-state index in [9.17, 15) is 10.1 Å². The molecule has 0 bridgehead atoms. The van der Waals surface area contributed by atoms with E-state index in [0.29, 0.717) is 30.3 Å². The van der Waals surface area contributed by atoms with Crippen LogP contribution >= 0.6 is 23.2 Å². The predicted octanol–water partition coefficient (Wildman–Crippen LogP) is 5.08. The lowest BCUT2D eigenvalue weighted by Gasteiger charge is -2.11. The molecule has 0 aliphatic rings. The Hall–Kier alpha value is -1.82. The molecule has 25 heavy (non-hydrogen) atoms. The predicted molar refractivity (Wildman–Crippen MR) is 101 cm³/mol. The van der Waals surface area contributed by atoms with Crippen molar-refractivity contribution in [2.45, 2.75) is 26.8 Å². The second-order valence-corrected chi connectivity index (χ2v) is 6.57. The topological polar surface area (TPSA) is 64.4 Å². The zero-order valence-corrected chi connectivity index (χ0v) is 15.7. The van der Waals surface area contributed by atoms with E-state index in [-0.39, 0.29) is 10.7 Å². The Morgan fingerprint density at radius 1 is 1.24 bits per heavy atom. The summed E-state index contributed by atoms with van der Waals surface area (Å²) >= 11 is 11.8. The maximum atomic E-state index is 11.1. The quantitative estimate of drug-likeness (QED) is 0.392. The molecule has 0 saturated carbocycles. The molecule has 2 aromatic rings. The van der Waals surface area contributed by atoms with Gasteiger partial charge in [-0.3, -0.25) is 10.1 Å². The van der Waals surface area contributed by atoms with Crippen molar-refractivity contribution in [2.75, 3.05) is 13.2 Å². The van der Waals surface area contributed by atoms with Gasteiger partial charge in [0.05, 0.1) is 11.5 Å². The van der Waals surface area contributed by atoms with Gasteiger partial charge < -0.3 is 10.1 Å². The van der Waals surface area contributed by atoms with Gasteiger partial charge in [-0.25, -0.2) is 0 Å². The molecule has 0 saturated heterocycles. The van der Waals surface area contributed by atoms with Crippen LogP contribution in [0.15, 0.2) is 30.3 Å². The van der Waals surface area contributed by atoms with E-state index < -0.39 is 4.92 Å². The van der Waals surface area contributed by atoms with E-state index >= 15 is 0 Å². The third-order valence-corrected chi connectivity index (χ3v) is 4.42. The number of hydrogen-bond acceptors (Lipinski definition) is 4. The average molecular weight is 383 g/mol. The summed E-state index contributed by atoms with van der Waals surface area (Å²) in [5.41, 5.74) is 2.70. The van der Waals surface area contributed by atoms with Crippen LogP contribution in [0.4, 0.5) is 5.69 Å². The Labute approximate surface area is 157 Å². The molecule has 0 atom stereocenters. The molecule has 0 fully saturated rings. The third-order valence-electron chi connectivity index (χ3n) is 3.92. The number of hydrogen-bond donors (Lipinski definition) is 1. The number of rotatable bonds is 8. The number of benzene rings is 2. The van der Waals surface area contributed by atoms with E-state index in [0.717, 1.165) is 17.7 Å². The fraction of sp³-hybridized carbons (Fsp3) is 0.333. The largest absolute Gasteiger partial charge is 0.493 e. The molecule has 0 amide bonds.